The van der Waals surface area contributed by atoms with Crippen LogP contribution in [0.4, 0.5) is 0 Å². The Morgan fingerprint density at radius 2 is 1.00 bits per heavy atom. The van der Waals surface area contributed by atoms with Crippen LogP contribution in [0.1, 0.15) is 103 Å². The van der Waals surface area contributed by atoms with E-state index in [1.165, 1.54) is 51.4 Å². The minimum absolute atomic E-state index is 0.322. The van der Waals surface area contributed by atoms with E-state index in [0.29, 0.717) is 6.42 Å². The van der Waals surface area contributed by atoms with Gasteiger partial charge in [0.1, 0.15) is 0 Å². The van der Waals surface area contributed by atoms with Crippen molar-refractivity contribution in [3.8, 4) is 0 Å². The lowest BCUT2D eigenvalue weighted by atomic mass is 10.1. The Morgan fingerprint density at radius 3 is 1.48 bits per heavy atom. The molecule has 1 N–H and O–H groups in total. The molecule has 0 amide bonds. The topological polar surface area (TPSA) is 37.3 Å². The second kappa shape index (κ2) is 22.5. The van der Waals surface area contributed by atoms with Gasteiger partial charge in [0, 0.05) is 6.42 Å². The molecule has 0 radical (unpaired) electrons. The van der Waals surface area contributed by atoms with E-state index in [9.17, 15) is 4.79 Å². The highest BCUT2D eigenvalue weighted by Crippen LogP contribution is 2.09. The van der Waals surface area contributed by atoms with Crippen molar-refractivity contribution in [2.24, 2.45) is 0 Å². The number of unbranched alkanes of at least 4 members (excludes halogenated alkanes) is 9. The Balaban J connectivity index is 3.33. The van der Waals surface area contributed by atoms with Crippen molar-refractivity contribution < 1.29 is 9.90 Å². The zero-order chi connectivity index (χ0) is 19.8. The first-order valence-electron chi connectivity index (χ1n) is 11.1. The number of hydrogen-bond acceptors (Lipinski definition) is 1. The Labute approximate surface area is 168 Å². The van der Waals surface area contributed by atoms with Gasteiger partial charge >= 0.3 is 5.97 Å². The molecule has 0 heterocycles. The van der Waals surface area contributed by atoms with Gasteiger partial charge < -0.3 is 5.11 Å². The van der Waals surface area contributed by atoms with Crippen molar-refractivity contribution in [2.45, 2.75) is 103 Å². The lowest BCUT2D eigenvalue weighted by molar-refractivity contribution is -0.137. The standard InChI is InChI=1S/C25H42O2/c1-2-3-4-5-6-7-8-9-10-11-12-13-14-15-16-17-18-19-20-21-22-23-24-25(26)27/h6-7,9-10,12-13,15-16H,2-5,8,11,14,17-24H2,1H3,(H,26,27)/b7-6-,10-9-,13-12-,16-15-. The van der Waals surface area contributed by atoms with Gasteiger partial charge in [0.15, 0.2) is 0 Å². The molecule has 0 unspecified atom stereocenters. The van der Waals surface area contributed by atoms with Gasteiger partial charge in [0.2, 0.25) is 0 Å². The van der Waals surface area contributed by atoms with E-state index in [2.05, 4.69) is 55.5 Å². The van der Waals surface area contributed by atoms with Crippen LogP contribution < -0.4 is 0 Å². The normalized spacial score (nSPS) is 12.3. The third-order valence-corrected chi connectivity index (χ3v) is 4.47. The van der Waals surface area contributed by atoms with Crippen molar-refractivity contribution in [3.63, 3.8) is 0 Å². The average molecular weight is 375 g/mol. The van der Waals surface area contributed by atoms with E-state index in [4.69, 9.17) is 5.11 Å². The molecule has 27 heavy (non-hydrogen) atoms. The van der Waals surface area contributed by atoms with Gasteiger partial charge in [-0.3, -0.25) is 4.79 Å². The lowest BCUT2D eigenvalue weighted by Gasteiger charge is -1.99. The van der Waals surface area contributed by atoms with Crippen molar-refractivity contribution >= 4 is 5.97 Å². The second-order valence-corrected chi connectivity index (χ2v) is 7.14. The summed E-state index contributed by atoms with van der Waals surface area (Å²) in [4.78, 5) is 10.4. The number of carboxylic acid groups (broad SMARTS) is 1. The molecule has 0 saturated carbocycles. The fraction of sp³-hybridized carbons (Fsp3) is 0.640. The highest BCUT2D eigenvalue weighted by Gasteiger charge is 1.96. The predicted octanol–water partition coefficient (Wildman–Crippen LogP) is 8.17. The number of allylic oxidation sites excluding steroid dienone is 8. The second-order valence-electron chi connectivity index (χ2n) is 7.14. The molecule has 154 valence electrons. The van der Waals surface area contributed by atoms with Crippen LogP contribution in [0.25, 0.3) is 0 Å². The quantitative estimate of drug-likeness (QED) is 0.183. The summed E-state index contributed by atoms with van der Waals surface area (Å²) in [5.74, 6) is -0.671. The van der Waals surface area contributed by atoms with E-state index < -0.39 is 5.97 Å². The van der Waals surface area contributed by atoms with E-state index >= 15 is 0 Å². The molecular formula is C25H42O2. The van der Waals surface area contributed by atoms with Crippen LogP contribution in [-0.2, 0) is 4.79 Å². The third kappa shape index (κ3) is 24.4. The van der Waals surface area contributed by atoms with Crippen molar-refractivity contribution in [1.82, 2.24) is 0 Å². The molecule has 0 aliphatic heterocycles. The van der Waals surface area contributed by atoms with Crippen LogP contribution in [-0.4, -0.2) is 11.1 Å². The van der Waals surface area contributed by atoms with Gasteiger partial charge in [0.05, 0.1) is 0 Å². The number of rotatable bonds is 19. The van der Waals surface area contributed by atoms with Gasteiger partial charge in [-0.25, -0.2) is 0 Å². The summed E-state index contributed by atoms with van der Waals surface area (Å²) in [5.41, 5.74) is 0. The Morgan fingerprint density at radius 1 is 0.593 bits per heavy atom. The molecule has 0 aliphatic carbocycles. The van der Waals surface area contributed by atoms with Crippen LogP contribution in [0.15, 0.2) is 48.6 Å². The molecule has 0 aromatic rings. The van der Waals surface area contributed by atoms with Crippen LogP contribution in [0.2, 0.25) is 0 Å². The zero-order valence-electron chi connectivity index (χ0n) is 17.6. The van der Waals surface area contributed by atoms with Crippen LogP contribution >= 0.6 is 0 Å². The van der Waals surface area contributed by atoms with E-state index in [1.54, 1.807) is 0 Å². The molecule has 0 aromatic carbocycles. The predicted molar refractivity (Wildman–Crippen MR) is 119 cm³/mol. The van der Waals surface area contributed by atoms with E-state index in [-0.39, 0.29) is 0 Å². The van der Waals surface area contributed by atoms with Gasteiger partial charge in [-0.05, 0) is 51.4 Å². The molecule has 0 saturated heterocycles. The van der Waals surface area contributed by atoms with Crippen LogP contribution in [0.5, 0.6) is 0 Å². The molecule has 0 atom stereocenters. The first kappa shape index (κ1) is 25.4. The van der Waals surface area contributed by atoms with Crippen molar-refractivity contribution in [2.75, 3.05) is 0 Å². The first-order valence-corrected chi connectivity index (χ1v) is 11.1. The minimum atomic E-state index is -0.671. The molecule has 0 rings (SSSR count). The smallest absolute Gasteiger partial charge is 0.303 e. The Hall–Kier alpha value is -1.57. The summed E-state index contributed by atoms with van der Waals surface area (Å²) in [6, 6.07) is 0. The fourth-order valence-electron chi connectivity index (χ4n) is 2.81. The zero-order valence-corrected chi connectivity index (χ0v) is 17.6. The molecule has 0 bridgehead atoms. The molecule has 2 nitrogen and oxygen atoms in total. The molecule has 0 fully saturated rings. The lowest BCUT2D eigenvalue weighted by Crippen LogP contribution is -1.93. The van der Waals surface area contributed by atoms with E-state index in [0.717, 1.165) is 38.5 Å². The number of hydrogen-bond donors (Lipinski definition) is 1. The van der Waals surface area contributed by atoms with Crippen LogP contribution in [0.3, 0.4) is 0 Å². The van der Waals surface area contributed by atoms with Crippen molar-refractivity contribution in [1.29, 1.82) is 0 Å². The van der Waals surface area contributed by atoms with E-state index in [1.807, 2.05) is 0 Å². The number of carboxylic acids is 1. The largest absolute Gasteiger partial charge is 0.481 e. The fourth-order valence-corrected chi connectivity index (χ4v) is 2.81. The Kier molecular flexibility index (Phi) is 21.2. The number of carbonyl (C=O) groups is 1. The summed E-state index contributed by atoms with van der Waals surface area (Å²) >= 11 is 0. The SMILES string of the molecule is CCCCC/C=C\C/C=C\C/C=C\C/C=C\CCCCCCCCC(=O)O. The summed E-state index contributed by atoms with van der Waals surface area (Å²) in [6.45, 7) is 2.24. The van der Waals surface area contributed by atoms with Gasteiger partial charge in [0.25, 0.3) is 0 Å². The third-order valence-electron chi connectivity index (χ3n) is 4.47. The summed E-state index contributed by atoms with van der Waals surface area (Å²) in [5, 5.41) is 8.56. The number of aliphatic carboxylic acids is 1. The maximum Gasteiger partial charge on any atom is 0.303 e. The van der Waals surface area contributed by atoms with Gasteiger partial charge in [-0.2, -0.15) is 0 Å². The molecule has 0 spiro atoms. The molecule has 0 aliphatic rings. The molecular weight excluding hydrogens is 332 g/mol. The average Bonchev–Trinajstić information content (AvgIpc) is 2.65. The van der Waals surface area contributed by atoms with Gasteiger partial charge in [-0.1, -0.05) is 94.1 Å². The summed E-state index contributed by atoms with van der Waals surface area (Å²) < 4.78 is 0. The maximum absolute atomic E-state index is 10.4. The summed E-state index contributed by atoms with van der Waals surface area (Å²) in [6.07, 6.45) is 34.6. The highest BCUT2D eigenvalue weighted by atomic mass is 16.4. The first-order chi connectivity index (χ1) is 13.3. The summed E-state index contributed by atoms with van der Waals surface area (Å²) in [7, 11) is 0. The highest BCUT2D eigenvalue weighted by molar-refractivity contribution is 5.66. The van der Waals surface area contributed by atoms with Crippen molar-refractivity contribution in [3.05, 3.63) is 48.6 Å². The van der Waals surface area contributed by atoms with Gasteiger partial charge in [-0.15, -0.1) is 0 Å². The minimum Gasteiger partial charge on any atom is -0.481 e. The Bertz CT molecular complexity index is 430. The maximum atomic E-state index is 10.4. The molecule has 0 aromatic heterocycles. The monoisotopic (exact) mass is 374 g/mol. The van der Waals surface area contributed by atoms with Crippen LogP contribution in [0, 0.1) is 0 Å². The molecule has 2 heteroatoms.